The monoisotopic (exact) mass is 514 g/mol. The average Bonchev–Trinajstić information content (AvgIpc) is 3.50. The molecular weight excluding hydrogens is 490 g/mol. The number of para-hydroxylation sites is 1. The molecule has 1 aliphatic heterocycles. The first-order chi connectivity index (χ1) is 18.1. The van der Waals surface area contributed by atoms with Crippen LogP contribution in [0.3, 0.4) is 0 Å². The Morgan fingerprint density at radius 1 is 1.11 bits per heavy atom. The fraction of sp³-hybridized carbons (Fsp3) is 0.148. The smallest absolute Gasteiger partial charge is 0.302 e. The largest absolute Gasteiger partial charge is 0.378 e. The van der Waals surface area contributed by atoms with Gasteiger partial charge in [-0.3, -0.25) is 24.3 Å². The number of rotatable bonds is 8. The first kappa shape index (κ1) is 24.4. The highest BCUT2D eigenvalue weighted by molar-refractivity contribution is 8.14. The summed E-state index contributed by atoms with van der Waals surface area (Å²) in [7, 11) is 1.60. The molecule has 0 atom stereocenters. The number of nitrogens with zero attached hydrogens (tertiary/aromatic N) is 4. The van der Waals surface area contributed by atoms with Crippen LogP contribution in [0, 0.1) is 0 Å². The van der Waals surface area contributed by atoms with Gasteiger partial charge in [0.25, 0.3) is 12.1 Å². The molecule has 3 aromatic carbocycles. The van der Waals surface area contributed by atoms with Crippen LogP contribution in [0.15, 0.2) is 94.2 Å². The van der Waals surface area contributed by atoms with Gasteiger partial charge in [0.1, 0.15) is 12.3 Å². The quantitative estimate of drug-likeness (QED) is 0.283. The molecule has 37 heavy (non-hydrogen) atoms. The van der Waals surface area contributed by atoms with Gasteiger partial charge in [-0.05, 0) is 39.2 Å². The second-order valence-corrected chi connectivity index (χ2v) is 9.07. The molecule has 5 rings (SSSR count). The van der Waals surface area contributed by atoms with Gasteiger partial charge in [0.15, 0.2) is 5.17 Å². The number of amides is 2. The number of thioether (sulfide) groups is 1. The van der Waals surface area contributed by atoms with Gasteiger partial charge in [-0.2, -0.15) is 0 Å². The number of benzene rings is 3. The van der Waals surface area contributed by atoms with Gasteiger partial charge in [-0.25, -0.2) is 4.99 Å². The molecule has 0 radical (unpaired) electrons. The van der Waals surface area contributed by atoms with Crippen LogP contribution in [0.1, 0.15) is 5.56 Å². The van der Waals surface area contributed by atoms with Crippen molar-refractivity contribution < 1.29 is 23.5 Å². The van der Waals surface area contributed by atoms with Crippen LogP contribution in [0.25, 0.3) is 16.8 Å². The van der Waals surface area contributed by atoms with E-state index >= 15 is 0 Å². The third-order valence-electron chi connectivity index (χ3n) is 5.59. The lowest BCUT2D eigenvalue weighted by Gasteiger charge is -2.17. The van der Waals surface area contributed by atoms with Gasteiger partial charge < -0.3 is 4.74 Å². The minimum absolute atomic E-state index is 0.0236. The molecule has 186 valence electrons. The summed E-state index contributed by atoms with van der Waals surface area (Å²) in [6.45, 7) is 0.972. The minimum Gasteiger partial charge on any atom is -0.378 e. The molecular formula is C27H24N5O4S+. The number of methoxy groups -OCH3 is 1. The number of fused-ring (bicyclic) bond motifs is 1. The number of carbonyl (C=O) groups excluding carboxylic acids is 2. The fourth-order valence-electron chi connectivity index (χ4n) is 3.85. The van der Waals surface area contributed by atoms with Crippen molar-refractivity contribution in [2.75, 3.05) is 29.7 Å². The number of carbonyl (C=O) groups is 2. The molecule has 0 bridgehead atoms. The SMILES string of the molecule is COCC[n+]1cc(NC(=O)CSC2=N/C(=C/c3cccc4ccccc34)C(=O)N2c2ccccc2)on1. The van der Waals surface area contributed by atoms with Gasteiger partial charge in [-0.1, -0.05) is 72.4 Å². The molecule has 4 aromatic rings. The van der Waals surface area contributed by atoms with Crippen molar-refractivity contribution in [3.8, 4) is 0 Å². The number of ether oxygens (including phenoxy) is 1. The topological polar surface area (TPSA) is 101 Å². The van der Waals surface area contributed by atoms with E-state index in [1.54, 1.807) is 19.4 Å². The number of hydrogen-bond acceptors (Lipinski definition) is 7. The minimum atomic E-state index is -0.310. The Hall–Kier alpha value is -4.28. The molecule has 10 heteroatoms. The zero-order valence-corrected chi connectivity index (χ0v) is 20.9. The maximum atomic E-state index is 13.5. The molecule has 0 spiro atoms. The summed E-state index contributed by atoms with van der Waals surface area (Å²) >= 11 is 1.17. The first-order valence-corrected chi connectivity index (χ1v) is 12.6. The Bertz CT molecular complexity index is 1490. The number of aliphatic imine (C=N–C) groups is 1. The van der Waals surface area contributed by atoms with Gasteiger partial charge >= 0.3 is 5.88 Å². The third-order valence-corrected chi connectivity index (χ3v) is 6.53. The lowest BCUT2D eigenvalue weighted by atomic mass is 10.0. The van der Waals surface area contributed by atoms with Crippen molar-refractivity contribution in [2.24, 2.45) is 4.99 Å². The van der Waals surface area contributed by atoms with Crippen molar-refractivity contribution in [1.82, 2.24) is 5.27 Å². The highest BCUT2D eigenvalue weighted by Crippen LogP contribution is 2.30. The number of aromatic nitrogens is 2. The number of nitrogens with one attached hydrogen (secondary N) is 1. The maximum Gasteiger partial charge on any atom is 0.302 e. The van der Waals surface area contributed by atoms with E-state index in [1.807, 2.05) is 72.8 Å². The fourth-order valence-corrected chi connectivity index (χ4v) is 4.66. The Morgan fingerprint density at radius 3 is 2.73 bits per heavy atom. The molecule has 0 fully saturated rings. The molecule has 9 nitrogen and oxygen atoms in total. The Balaban J connectivity index is 1.37. The van der Waals surface area contributed by atoms with E-state index in [4.69, 9.17) is 9.26 Å². The van der Waals surface area contributed by atoms with Crippen molar-refractivity contribution in [3.05, 3.63) is 90.3 Å². The second kappa shape index (κ2) is 11.2. The van der Waals surface area contributed by atoms with E-state index in [-0.39, 0.29) is 23.5 Å². The highest BCUT2D eigenvalue weighted by Gasteiger charge is 2.32. The van der Waals surface area contributed by atoms with Crippen LogP contribution in [0.2, 0.25) is 0 Å². The zero-order chi connectivity index (χ0) is 25.6. The van der Waals surface area contributed by atoms with Crippen LogP contribution < -0.4 is 14.9 Å². The second-order valence-electron chi connectivity index (χ2n) is 8.13. The van der Waals surface area contributed by atoms with E-state index in [9.17, 15) is 9.59 Å². The number of hydrogen-bond donors (Lipinski definition) is 1. The van der Waals surface area contributed by atoms with Crippen LogP contribution in [-0.4, -0.2) is 41.7 Å². The average molecular weight is 515 g/mol. The molecule has 1 aliphatic rings. The van der Waals surface area contributed by atoms with Gasteiger partial charge in [0.05, 0.1) is 11.4 Å². The van der Waals surface area contributed by atoms with Crippen LogP contribution in [-0.2, 0) is 20.9 Å². The summed E-state index contributed by atoms with van der Waals surface area (Å²) in [5.41, 5.74) is 1.88. The molecule has 0 aliphatic carbocycles. The highest BCUT2D eigenvalue weighted by atomic mass is 32.2. The zero-order valence-electron chi connectivity index (χ0n) is 20.0. The molecule has 0 unspecified atom stereocenters. The third kappa shape index (κ3) is 5.60. The molecule has 0 saturated carbocycles. The number of amidine groups is 1. The van der Waals surface area contributed by atoms with Crippen molar-refractivity contribution in [2.45, 2.75) is 6.54 Å². The Morgan fingerprint density at radius 2 is 1.89 bits per heavy atom. The van der Waals surface area contributed by atoms with Crippen molar-refractivity contribution in [1.29, 1.82) is 0 Å². The molecule has 0 saturated heterocycles. The molecule has 1 aromatic heterocycles. The Kier molecular flexibility index (Phi) is 7.38. The van der Waals surface area contributed by atoms with Crippen LogP contribution in [0.4, 0.5) is 11.6 Å². The van der Waals surface area contributed by atoms with E-state index in [0.29, 0.717) is 29.7 Å². The summed E-state index contributed by atoms with van der Waals surface area (Å²) in [5.74, 6) is -0.316. The number of anilines is 2. The van der Waals surface area contributed by atoms with E-state index in [1.165, 1.54) is 21.3 Å². The van der Waals surface area contributed by atoms with Crippen molar-refractivity contribution >= 4 is 57.2 Å². The predicted molar refractivity (Wildman–Crippen MR) is 143 cm³/mol. The summed E-state index contributed by atoms with van der Waals surface area (Å²) in [6, 6.07) is 23.2. The standard InChI is InChI=1S/C27H23N5O4S/c1-35-15-14-31-17-25(36-30-31)29-24(33)18-37-27-28-23(26(34)32(27)21-11-3-2-4-12-21)16-20-10-7-9-19-8-5-6-13-22(19)20/h2-13,16-17H,14-15,18H2,1H3/p+1/b23-16+. The van der Waals surface area contributed by atoms with E-state index < -0.39 is 0 Å². The van der Waals surface area contributed by atoms with Gasteiger partial charge in [0, 0.05) is 7.11 Å². The van der Waals surface area contributed by atoms with Crippen molar-refractivity contribution in [3.63, 3.8) is 0 Å². The molecule has 2 amide bonds. The maximum absolute atomic E-state index is 13.5. The van der Waals surface area contributed by atoms with E-state index in [0.717, 1.165) is 16.3 Å². The lowest BCUT2D eigenvalue weighted by Crippen LogP contribution is -2.36. The van der Waals surface area contributed by atoms with Gasteiger partial charge in [0.2, 0.25) is 17.7 Å². The van der Waals surface area contributed by atoms with Gasteiger partial charge in [-0.15, -0.1) is 0 Å². The predicted octanol–water partition coefficient (Wildman–Crippen LogP) is 3.88. The molecule has 2 heterocycles. The normalized spacial score (nSPS) is 14.4. The van der Waals surface area contributed by atoms with Crippen LogP contribution in [0.5, 0.6) is 0 Å². The summed E-state index contributed by atoms with van der Waals surface area (Å²) in [5, 5.41) is 9.04. The summed E-state index contributed by atoms with van der Waals surface area (Å²) in [4.78, 5) is 32.2. The van der Waals surface area contributed by atoms with E-state index in [2.05, 4.69) is 15.6 Å². The summed E-state index contributed by atoms with van der Waals surface area (Å²) < 4.78 is 11.7. The lowest BCUT2D eigenvalue weighted by molar-refractivity contribution is -0.763. The van der Waals surface area contributed by atoms with Crippen LogP contribution >= 0.6 is 11.8 Å². The Labute approximate surface area is 217 Å². The first-order valence-electron chi connectivity index (χ1n) is 11.6. The molecule has 1 N–H and O–H groups in total. The summed E-state index contributed by atoms with van der Waals surface area (Å²) in [6.07, 6.45) is 3.38.